The minimum atomic E-state index is -0.334. The fourth-order valence-electron chi connectivity index (χ4n) is 3.26. The molecular formula is C18H24FN3O2. The van der Waals surface area contributed by atoms with Crippen molar-refractivity contribution in [1.29, 1.82) is 0 Å². The minimum absolute atomic E-state index is 0.135. The van der Waals surface area contributed by atoms with Crippen LogP contribution in [0.3, 0.4) is 0 Å². The summed E-state index contributed by atoms with van der Waals surface area (Å²) in [6.45, 7) is 5.15. The van der Waals surface area contributed by atoms with Gasteiger partial charge in [0.15, 0.2) is 0 Å². The zero-order valence-corrected chi connectivity index (χ0v) is 14.2. The van der Waals surface area contributed by atoms with Crippen LogP contribution < -0.4 is 0 Å². The molecule has 2 heterocycles. The van der Waals surface area contributed by atoms with E-state index >= 15 is 0 Å². The number of hydrogen-bond donors (Lipinski definition) is 1. The molecular weight excluding hydrogens is 309 g/mol. The maximum absolute atomic E-state index is 13.7. The zero-order valence-electron chi connectivity index (χ0n) is 14.2. The van der Waals surface area contributed by atoms with E-state index in [1.54, 1.807) is 19.1 Å². The number of hydrogen-bond acceptors (Lipinski definition) is 5. The molecule has 1 aliphatic heterocycles. The average molecular weight is 333 g/mol. The van der Waals surface area contributed by atoms with E-state index in [9.17, 15) is 9.50 Å². The summed E-state index contributed by atoms with van der Waals surface area (Å²) in [7, 11) is 0. The Morgan fingerprint density at radius 3 is 3.00 bits per heavy atom. The van der Waals surface area contributed by atoms with Gasteiger partial charge in [-0.3, -0.25) is 4.90 Å². The number of nitrogens with zero attached hydrogens (tertiary/aromatic N) is 3. The van der Waals surface area contributed by atoms with E-state index in [-0.39, 0.29) is 18.0 Å². The maximum Gasteiger partial charge on any atom is 0.241 e. The van der Waals surface area contributed by atoms with Crippen molar-refractivity contribution < 1.29 is 14.0 Å². The smallest absolute Gasteiger partial charge is 0.241 e. The van der Waals surface area contributed by atoms with Crippen molar-refractivity contribution in [2.45, 2.75) is 58.2 Å². The largest absolute Gasteiger partial charge is 0.392 e. The SMILES string of the molecule is CCC(O)C1CCCCN1Cc1nc(-c2ccc(C)c(F)c2)no1. The highest BCUT2D eigenvalue weighted by Crippen LogP contribution is 2.24. The molecule has 1 aromatic carbocycles. The van der Waals surface area contributed by atoms with E-state index in [1.807, 2.05) is 6.92 Å². The molecule has 3 rings (SSSR count). The molecule has 1 aliphatic rings. The van der Waals surface area contributed by atoms with Crippen LogP contribution >= 0.6 is 0 Å². The molecule has 130 valence electrons. The topological polar surface area (TPSA) is 62.4 Å². The Kier molecular flexibility index (Phi) is 5.26. The molecule has 2 atom stereocenters. The molecule has 1 fully saturated rings. The first kappa shape index (κ1) is 17.0. The van der Waals surface area contributed by atoms with Crippen molar-refractivity contribution in [3.05, 3.63) is 35.5 Å². The Hall–Kier alpha value is -1.79. The van der Waals surface area contributed by atoms with Crippen LogP contribution in [-0.4, -0.2) is 38.8 Å². The average Bonchev–Trinajstić information content (AvgIpc) is 3.05. The molecule has 0 spiro atoms. The number of likely N-dealkylation sites (tertiary alicyclic amines) is 1. The summed E-state index contributed by atoms with van der Waals surface area (Å²) in [5, 5.41) is 14.2. The van der Waals surface area contributed by atoms with Gasteiger partial charge in [-0.05, 0) is 44.4 Å². The number of aliphatic hydroxyl groups is 1. The van der Waals surface area contributed by atoms with E-state index in [1.165, 1.54) is 6.07 Å². The van der Waals surface area contributed by atoms with Gasteiger partial charge in [0.2, 0.25) is 11.7 Å². The molecule has 24 heavy (non-hydrogen) atoms. The Labute approximate surface area is 141 Å². The van der Waals surface area contributed by atoms with Gasteiger partial charge in [-0.15, -0.1) is 0 Å². The second-order valence-electron chi connectivity index (χ2n) is 6.48. The molecule has 0 radical (unpaired) electrons. The van der Waals surface area contributed by atoms with Gasteiger partial charge in [-0.2, -0.15) is 4.98 Å². The molecule has 0 amide bonds. The van der Waals surface area contributed by atoms with Gasteiger partial charge >= 0.3 is 0 Å². The van der Waals surface area contributed by atoms with Crippen molar-refractivity contribution in [2.75, 3.05) is 6.54 Å². The first-order valence-electron chi connectivity index (χ1n) is 8.59. The predicted octanol–water partition coefficient (Wildman–Crippen LogP) is 3.31. The maximum atomic E-state index is 13.7. The zero-order chi connectivity index (χ0) is 17.1. The van der Waals surface area contributed by atoms with Gasteiger partial charge in [-0.25, -0.2) is 4.39 Å². The lowest BCUT2D eigenvalue weighted by molar-refractivity contribution is 0.0145. The van der Waals surface area contributed by atoms with Crippen molar-refractivity contribution in [1.82, 2.24) is 15.0 Å². The van der Waals surface area contributed by atoms with Crippen LogP contribution in [-0.2, 0) is 6.54 Å². The van der Waals surface area contributed by atoms with Crippen LogP contribution in [0.2, 0.25) is 0 Å². The van der Waals surface area contributed by atoms with Crippen LogP contribution in [0.15, 0.2) is 22.7 Å². The second kappa shape index (κ2) is 7.40. The van der Waals surface area contributed by atoms with Crippen LogP contribution in [0.1, 0.15) is 44.1 Å². The summed E-state index contributed by atoms with van der Waals surface area (Å²) in [4.78, 5) is 6.61. The molecule has 0 saturated carbocycles. The molecule has 1 saturated heterocycles. The Bertz CT molecular complexity index is 689. The number of aliphatic hydroxyl groups excluding tert-OH is 1. The van der Waals surface area contributed by atoms with Crippen LogP contribution in [0.25, 0.3) is 11.4 Å². The lowest BCUT2D eigenvalue weighted by Gasteiger charge is -2.37. The first-order valence-corrected chi connectivity index (χ1v) is 8.59. The van der Waals surface area contributed by atoms with Crippen LogP contribution in [0, 0.1) is 12.7 Å². The molecule has 2 unspecified atom stereocenters. The summed E-state index contributed by atoms with van der Waals surface area (Å²) in [6, 6.07) is 5.06. The van der Waals surface area contributed by atoms with Crippen LogP contribution in [0.4, 0.5) is 4.39 Å². The molecule has 2 aromatic rings. The van der Waals surface area contributed by atoms with Crippen LogP contribution in [0.5, 0.6) is 0 Å². The van der Waals surface area contributed by atoms with E-state index in [2.05, 4.69) is 15.0 Å². The number of benzene rings is 1. The van der Waals surface area contributed by atoms with Gasteiger partial charge in [0, 0.05) is 11.6 Å². The standard InChI is InChI=1S/C18H24FN3O2/c1-3-16(23)15-6-4-5-9-22(15)11-17-20-18(21-24-17)13-8-7-12(2)14(19)10-13/h7-8,10,15-16,23H,3-6,9,11H2,1-2H3. The monoisotopic (exact) mass is 333 g/mol. The van der Waals surface area contributed by atoms with Crippen molar-refractivity contribution >= 4 is 0 Å². The Morgan fingerprint density at radius 1 is 1.42 bits per heavy atom. The van der Waals surface area contributed by atoms with E-state index in [4.69, 9.17) is 4.52 Å². The second-order valence-corrected chi connectivity index (χ2v) is 6.48. The molecule has 0 aliphatic carbocycles. The Morgan fingerprint density at radius 2 is 2.25 bits per heavy atom. The van der Waals surface area contributed by atoms with Gasteiger partial charge in [0.25, 0.3) is 0 Å². The molecule has 0 bridgehead atoms. The van der Waals surface area contributed by atoms with Crippen molar-refractivity contribution in [2.24, 2.45) is 0 Å². The number of aromatic nitrogens is 2. The molecule has 5 nitrogen and oxygen atoms in total. The van der Waals surface area contributed by atoms with Gasteiger partial charge < -0.3 is 9.63 Å². The summed E-state index contributed by atoms with van der Waals surface area (Å²) in [6.07, 6.45) is 3.63. The van der Waals surface area contributed by atoms with E-state index in [0.717, 1.165) is 32.2 Å². The number of rotatable bonds is 5. The van der Waals surface area contributed by atoms with Gasteiger partial charge in [-0.1, -0.05) is 30.6 Å². The number of piperidine rings is 1. The number of aryl methyl sites for hydroxylation is 1. The summed E-state index contributed by atoms with van der Waals surface area (Å²) in [5.74, 6) is 0.621. The minimum Gasteiger partial charge on any atom is -0.392 e. The van der Waals surface area contributed by atoms with E-state index in [0.29, 0.717) is 29.4 Å². The predicted molar refractivity (Wildman–Crippen MR) is 88.8 cm³/mol. The summed E-state index contributed by atoms with van der Waals surface area (Å²) in [5.41, 5.74) is 1.20. The van der Waals surface area contributed by atoms with Crippen molar-refractivity contribution in [3.63, 3.8) is 0 Å². The highest BCUT2D eigenvalue weighted by Gasteiger charge is 2.29. The lowest BCUT2D eigenvalue weighted by atomic mass is 9.96. The first-order chi connectivity index (χ1) is 11.6. The third-order valence-electron chi connectivity index (χ3n) is 4.76. The normalized spacial score (nSPS) is 20.2. The molecule has 1 aromatic heterocycles. The van der Waals surface area contributed by atoms with E-state index < -0.39 is 0 Å². The fourth-order valence-corrected chi connectivity index (χ4v) is 3.26. The highest BCUT2D eigenvalue weighted by molar-refractivity contribution is 5.54. The Balaban J connectivity index is 1.74. The quantitative estimate of drug-likeness (QED) is 0.909. The third-order valence-corrected chi connectivity index (χ3v) is 4.76. The number of halogens is 1. The molecule has 1 N–H and O–H groups in total. The van der Waals surface area contributed by atoms with Gasteiger partial charge in [0.05, 0.1) is 12.6 Å². The van der Waals surface area contributed by atoms with Gasteiger partial charge in [0.1, 0.15) is 5.82 Å². The highest BCUT2D eigenvalue weighted by atomic mass is 19.1. The van der Waals surface area contributed by atoms with Crippen molar-refractivity contribution in [3.8, 4) is 11.4 Å². The lowest BCUT2D eigenvalue weighted by Crippen LogP contribution is -2.46. The summed E-state index contributed by atoms with van der Waals surface area (Å²) < 4.78 is 19.0. The summed E-state index contributed by atoms with van der Waals surface area (Å²) >= 11 is 0. The fraction of sp³-hybridized carbons (Fsp3) is 0.556. The third kappa shape index (κ3) is 3.65. The molecule has 6 heteroatoms.